The fraction of sp³-hybridized carbons (Fsp3) is 0.938. The standard InChI is InChI=1S/C16H28N2O/c1-2-3-11-14-16(19)18(13-9-6-10-13)15(17-14)12-7-4-5-8-12/h12-15,17H,2-11H2,1H3. The van der Waals surface area contributed by atoms with Gasteiger partial charge < -0.3 is 4.90 Å². The fourth-order valence-electron chi connectivity index (χ4n) is 4.00. The molecule has 19 heavy (non-hydrogen) atoms. The number of amides is 1. The number of unbranched alkanes of at least 4 members (excludes halogenated alkanes) is 1. The van der Waals surface area contributed by atoms with Crippen molar-refractivity contribution in [2.45, 2.75) is 89.4 Å². The average molecular weight is 264 g/mol. The SMILES string of the molecule is CCCCC1NC(C2CCCC2)N(C2CCC2)C1=O. The van der Waals surface area contributed by atoms with Gasteiger partial charge in [0, 0.05) is 6.04 Å². The lowest BCUT2D eigenvalue weighted by Crippen LogP contribution is -2.50. The first-order valence-corrected chi connectivity index (χ1v) is 8.39. The lowest BCUT2D eigenvalue weighted by molar-refractivity contribution is -0.135. The molecule has 2 unspecified atom stereocenters. The molecule has 0 radical (unpaired) electrons. The molecule has 1 saturated heterocycles. The second kappa shape index (κ2) is 5.82. The molecule has 2 saturated carbocycles. The topological polar surface area (TPSA) is 32.3 Å². The first kappa shape index (κ1) is 13.4. The number of carbonyl (C=O) groups excluding carboxylic acids is 1. The summed E-state index contributed by atoms with van der Waals surface area (Å²) in [5.74, 6) is 1.13. The van der Waals surface area contributed by atoms with Crippen molar-refractivity contribution in [3.63, 3.8) is 0 Å². The van der Waals surface area contributed by atoms with E-state index in [1.54, 1.807) is 0 Å². The largest absolute Gasteiger partial charge is 0.323 e. The average Bonchev–Trinajstić information content (AvgIpc) is 2.96. The van der Waals surface area contributed by atoms with Crippen LogP contribution in [0.2, 0.25) is 0 Å². The predicted octanol–water partition coefficient (Wildman–Crippen LogP) is 3.05. The van der Waals surface area contributed by atoms with E-state index in [2.05, 4.69) is 17.1 Å². The Morgan fingerprint density at radius 2 is 1.89 bits per heavy atom. The van der Waals surface area contributed by atoms with Crippen LogP contribution in [0.4, 0.5) is 0 Å². The fourth-order valence-corrected chi connectivity index (χ4v) is 4.00. The monoisotopic (exact) mass is 264 g/mol. The lowest BCUT2D eigenvalue weighted by atomic mass is 9.89. The molecule has 1 N–H and O–H groups in total. The molecule has 3 rings (SSSR count). The Labute approximate surface area is 117 Å². The van der Waals surface area contributed by atoms with Gasteiger partial charge in [0.25, 0.3) is 0 Å². The number of rotatable bonds is 5. The minimum atomic E-state index is 0.117. The maximum Gasteiger partial charge on any atom is 0.241 e. The summed E-state index contributed by atoms with van der Waals surface area (Å²) in [7, 11) is 0. The van der Waals surface area contributed by atoms with Crippen molar-refractivity contribution in [3.05, 3.63) is 0 Å². The van der Waals surface area contributed by atoms with Gasteiger partial charge >= 0.3 is 0 Å². The van der Waals surface area contributed by atoms with Gasteiger partial charge in [-0.25, -0.2) is 0 Å². The Bertz CT molecular complexity index is 321. The molecule has 3 nitrogen and oxygen atoms in total. The number of carbonyl (C=O) groups is 1. The Hall–Kier alpha value is -0.570. The molecule has 1 heterocycles. The first-order valence-electron chi connectivity index (χ1n) is 8.39. The van der Waals surface area contributed by atoms with Crippen molar-refractivity contribution < 1.29 is 4.79 Å². The molecule has 0 aromatic heterocycles. The summed E-state index contributed by atoms with van der Waals surface area (Å²) in [5, 5.41) is 3.69. The molecule has 1 amide bonds. The lowest BCUT2D eigenvalue weighted by Gasteiger charge is -2.40. The van der Waals surface area contributed by atoms with Gasteiger partial charge in [-0.2, -0.15) is 0 Å². The second-order valence-electron chi connectivity index (χ2n) is 6.68. The van der Waals surface area contributed by atoms with Gasteiger partial charge in [-0.1, -0.05) is 32.6 Å². The van der Waals surface area contributed by atoms with Gasteiger partial charge in [0.1, 0.15) is 0 Å². The van der Waals surface area contributed by atoms with Crippen molar-refractivity contribution in [2.24, 2.45) is 5.92 Å². The summed E-state index contributed by atoms with van der Waals surface area (Å²) in [6, 6.07) is 0.670. The van der Waals surface area contributed by atoms with E-state index in [4.69, 9.17) is 0 Å². The van der Waals surface area contributed by atoms with Crippen LogP contribution in [-0.4, -0.2) is 29.1 Å². The molecular weight excluding hydrogens is 236 g/mol. The van der Waals surface area contributed by atoms with Crippen molar-refractivity contribution >= 4 is 5.91 Å². The highest BCUT2D eigenvalue weighted by molar-refractivity contribution is 5.84. The molecule has 0 aromatic rings. The third kappa shape index (κ3) is 2.54. The summed E-state index contributed by atoms with van der Waals surface area (Å²) in [5.41, 5.74) is 0. The summed E-state index contributed by atoms with van der Waals surface area (Å²) in [6.07, 6.45) is 12.9. The maximum atomic E-state index is 12.7. The van der Waals surface area contributed by atoms with Crippen LogP contribution in [0.3, 0.4) is 0 Å². The van der Waals surface area contributed by atoms with Crippen molar-refractivity contribution in [1.82, 2.24) is 10.2 Å². The van der Waals surface area contributed by atoms with Crippen LogP contribution in [0, 0.1) is 5.92 Å². The minimum Gasteiger partial charge on any atom is -0.323 e. The Morgan fingerprint density at radius 3 is 2.47 bits per heavy atom. The third-order valence-corrected chi connectivity index (χ3v) is 5.39. The highest BCUT2D eigenvalue weighted by Gasteiger charge is 2.46. The van der Waals surface area contributed by atoms with Gasteiger partial charge in [0.15, 0.2) is 0 Å². The van der Waals surface area contributed by atoms with Crippen LogP contribution in [0.5, 0.6) is 0 Å². The Kier molecular flexibility index (Phi) is 4.11. The molecule has 2 aliphatic carbocycles. The summed E-state index contributed by atoms with van der Waals surface area (Å²) < 4.78 is 0. The van der Waals surface area contributed by atoms with Crippen molar-refractivity contribution in [2.75, 3.05) is 0 Å². The maximum absolute atomic E-state index is 12.7. The van der Waals surface area contributed by atoms with E-state index in [1.165, 1.54) is 57.8 Å². The number of nitrogens with zero attached hydrogens (tertiary/aromatic N) is 1. The number of hydrogen-bond acceptors (Lipinski definition) is 2. The van der Waals surface area contributed by atoms with Gasteiger partial charge in [-0.15, -0.1) is 0 Å². The quantitative estimate of drug-likeness (QED) is 0.827. The molecule has 3 heteroatoms. The third-order valence-electron chi connectivity index (χ3n) is 5.39. The van der Waals surface area contributed by atoms with Crippen LogP contribution in [-0.2, 0) is 4.79 Å². The zero-order valence-electron chi connectivity index (χ0n) is 12.2. The molecule has 0 aromatic carbocycles. The van der Waals surface area contributed by atoms with E-state index in [9.17, 15) is 4.79 Å². The van der Waals surface area contributed by atoms with E-state index in [0.29, 0.717) is 18.1 Å². The van der Waals surface area contributed by atoms with E-state index >= 15 is 0 Å². The molecular formula is C16H28N2O. The molecule has 1 aliphatic heterocycles. The predicted molar refractivity (Wildman–Crippen MR) is 76.7 cm³/mol. The van der Waals surface area contributed by atoms with E-state index in [1.807, 2.05) is 0 Å². The molecule has 0 spiro atoms. The van der Waals surface area contributed by atoms with Crippen LogP contribution in [0.1, 0.15) is 71.1 Å². The molecule has 108 valence electrons. The highest BCUT2D eigenvalue weighted by Crippen LogP contribution is 2.37. The van der Waals surface area contributed by atoms with Gasteiger partial charge in [0.05, 0.1) is 12.2 Å². The van der Waals surface area contributed by atoms with Crippen LogP contribution < -0.4 is 5.32 Å². The smallest absolute Gasteiger partial charge is 0.241 e. The van der Waals surface area contributed by atoms with Gasteiger partial charge in [-0.05, 0) is 44.4 Å². The van der Waals surface area contributed by atoms with Crippen LogP contribution in [0.15, 0.2) is 0 Å². The second-order valence-corrected chi connectivity index (χ2v) is 6.68. The zero-order chi connectivity index (χ0) is 13.2. The molecule has 2 atom stereocenters. The van der Waals surface area contributed by atoms with Crippen molar-refractivity contribution in [1.29, 1.82) is 0 Å². The normalized spacial score (nSPS) is 33.1. The van der Waals surface area contributed by atoms with Gasteiger partial charge in [0.2, 0.25) is 5.91 Å². The molecule has 0 bridgehead atoms. The Balaban J connectivity index is 1.70. The number of hydrogen-bond donors (Lipinski definition) is 1. The van der Waals surface area contributed by atoms with Crippen molar-refractivity contribution in [3.8, 4) is 0 Å². The zero-order valence-corrected chi connectivity index (χ0v) is 12.2. The highest BCUT2D eigenvalue weighted by atomic mass is 16.2. The Morgan fingerprint density at radius 1 is 1.16 bits per heavy atom. The van der Waals surface area contributed by atoms with Crippen LogP contribution in [0.25, 0.3) is 0 Å². The first-order chi connectivity index (χ1) is 9.31. The van der Waals surface area contributed by atoms with Crippen LogP contribution >= 0.6 is 0 Å². The minimum absolute atomic E-state index is 0.117. The van der Waals surface area contributed by atoms with E-state index in [0.717, 1.165) is 12.3 Å². The summed E-state index contributed by atoms with van der Waals surface area (Å²) >= 11 is 0. The van der Waals surface area contributed by atoms with E-state index in [-0.39, 0.29) is 6.04 Å². The van der Waals surface area contributed by atoms with E-state index < -0.39 is 0 Å². The summed E-state index contributed by atoms with van der Waals surface area (Å²) in [6.45, 7) is 2.21. The summed E-state index contributed by atoms with van der Waals surface area (Å²) in [4.78, 5) is 14.9. The molecule has 3 aliphatic rings. The van der Waals surface area contributed by atoms with Gasteiger partial charge in [-0.3, -0.25) is 10.1 Å². The molecule has 3 fully saturated rings. The number of nitrogens with one attached hydrogen (secondary N) is 1.